The molecule has 0 saturated heterocycles. The summed E-state index contributed by atoms with van der Waals surface area (Å²) in [6.45, 7) is 0.824. The van der Waals surface area contributed by atoms with E-state index in [1.165, 1.54) is 22.1 Å². The summed E-state index contributed by atoms with van der Waals surface area (Å²) in [6, 6.07) is 13.0. The zero-order chi connectivity index (χ0) is 16.2. The molecule has 0 saturated carbocycles. The van der Waals surface area contributed by atoms with Crippen molar-refractivity contribution >= 4 is 16.5 Å². The normalized spacial score (nSPS) is 10.8. The Kier molecular flexibility index (Phi) is 4.50. The van der Waals surface area contributed by atoms with Crippen molar-refractivity contribution in [3.63, 3.8) is 0 Å². The largest absolute Gasteiger partial charge is 0.383 e. The molecule has 0 atom stereocenters. The van der Waals surface area contributed by atoms with Gasteiger partial charge < -0.3 is 10.5 Å². The van der Waals surface area contributed by atoms with Gasteiger partial charge in [-0.3, -0.25) is 4.79 Å². The van der Waals surface area contributed by atoms with Gasteiger partial charge in [-0.2, -0.15) is 5.10 Å². The van der Waals surface area contributed by atoms with Crippen LogP contribution in [0, 0.1) is 0 Å². The smallest absolute Gasteiger partial charge is 0.266 e. The highest BCUT2D eigenvalue weighted by molar-refractivity contribution is 7.19. The molecule has 0 spiro atoms. The zero-order valence-corrected chi connectivity index (χ0v) is 13.4. The van der Waals surface area contributed by atoms with E-state index in [0.717, 1.165) is 16.1 Å². The summed E-state index contributed by atoms with van der Waals surface area (Å²) in [6.07, 6.45) is 0. The first kappa shape index (κ1) is 15.4. The number of benzene rings is 1. The van der Waals surface area contributed by atoms with Gasteiger partial charge in [0.2, 0.25) is 0 Å². The summed E-state index contributed by atoms with van der Waals surface area (Å²) in [7, 11) is 1.59. The van der Waals surface area contributed by atoms with Crippen LogP contribution in [-0.4, -0.2) is 28.5 Å². The molecule has 0 aliphatic carbocycles. The predicted octanol–water partition coefficient (Wildman–Crippen LogP) is 2.26. The van der Waals surface area contributed by atoms with Gasteiger partial charge in [-0.1, -0.05) is 41.7 Å². The summed E-state index contributed by atoms with van der Waals surface area (Å²) >= 11 is 1.36. The maximum Gasteiger partial charge on any atom is 0.266 e. The lowest BCUT2D eigenvalue weighted by Crippen LogP contribution is -2.24. The lowest BCUT2D eigenvalue weighted by atomic mass is 10.1. The molecule has 0 unspecified atom stereocenters. The maximum atomic E-state index is 11.9. The minimum absolute atomic E-state index is 0.162. The quantitative estimate of drug-likeness (QED) is 0.777. The van der Waals surface area contributed by atoms with E-state index in [1.807, 2.05) is 30.3 Å². The van der Waals surface area contributed by atoms with Gasteiger partial charge in [0.05, 0.1) is 23.7 Å². The van der Waals surface area contributed by atoms with Crippen LogP contribution in [0.4, 0.5) is 5.13 Å². The van der Waals surface area contributed by atoms with Crippen LogP contribution in [0.15, 0.2) is 47.3 Å². The van der Waals surface area contributed by atoms with Crippen LogP contribution in [0.3, 0.4) is 0 Å². The van der Waals surface area contributed by atoms with Gasteiger partial charge in [-0.05, 0) is 6.07 Å². The van der Waals surface area contributed by atoms with Crippen molar-refractivity contribution in [2.45, 2.75) is 6.54 Å². The second-order valence-electron chi connectivity index (χ2n) is 4.87. The van der Waals surface area contributed by atoms with Crippen molar-refractivity contribution in [2.24, 2.45) is 0 Å². The van der Waals surface area contributed by atoms with Crippen LogP contribution in [-0.2, 0) is 11.3 Å². The lowest BCUT2D eigenvalue weighted by molar-refractivity contribution is 0.182. The number of aromatic nitrogens is 3. The Balaban J connectivity index is 2.07. The molecular formula is C16H16N4O2S. The van der Waals surface area contributed by atoms with Crippen molar-refractivity contribution in [3.05, 3.63) is 52.8 Å². The molecule has 0 radical (unpaired) electrons. The number of nitrogen functional groups attached to an aromatic ring is 1. The van der Waals surface area contributed by atoms with Crippen molar-refractivity contribution in [1.82, 2.24) is 14.8 Å². The van der Waals surface area contributed by atoms with Crippen LogP contribution < -0.4 is 11.3 Å². The molecule has 0 bridgehead atoms. The maximum absolute atomic E-state index is 11.9. The Hall–Kier alpha value is -2.51. The van der Waals surface area contributed by atoms with E-state index in [2.05, 4.69) is 10.1 Å². The average molecular weight is 328 g/mol. The minimum atomic E-state index is -0.162. The number of thiazole rings is 1. The number of anilines is 1. The second-order valence-corrected chi connectivity index (χ2v) is 5.90. The highest BCUT2D eigenvalue weighted by Crippen LogP contribution is 2.36. The standard InChI is InChI=1S/C16H16N4O2S/c1-22-10-9-20-13(21)8-7-12(19-20)15-14(18-16(17)23-15)11-5-3-2-4-6-11/h2-8H,9-10H2,1H3,(H2,17,18). The summed E-state index contributed by atoms with van der Waals surface area (Å²) in [4.78, 5) is 17.1. The van der Waals surface area contributed by atoms with Gasteiger partial charge >= 0.3 is 0 Å². The number of hydrogen-bond acceptors (Lipinski definition) is 6. The average Bonchev–Trinajstić information content (AvgIpc) is 2.97. The van der Waals surface area contributed by atoms with E-state index in [0.29, 0.717) is 24.0 Å². The highest BCUT2D eigenvalue weighted by Gasteiger charge is 2.15. The number of nitrogens with zero attached hydrogens (tertiary/aromatic N) is 3. The number of nitrogens with two attached hydrogens (primary N) is 1. The van der Waals surface area contributed by atoms with E-state index >= 15 is 0 Å². The molecule has 0 amide bonds. The molecule has 23 heavy (non-hydrogen) atoms. The SMILES string of the molecule is COCCn1nc(-c2sc(N)nc2-c2ccccc2)ccc1=O. The molecule has 1 aromatic carbocycles. The first-order valence-corrected chi connectivity index (χ1v) is 7.90. The third-order valence-electron chi connectivity index (χ3n) is 3.30. The predicted molar refractivity (Wildman–Crippen MR) is 91.3 cm³/mol. The van der Waals surface area contributed by atoms with Crippen LogP contribution in [0.25, 0.3) is 21.8 Å². The monoisotopic (exact) mass is 328 g/mol. The summed E-state index contributed by atoms with van der Waals surface area (Å²) in [5.41, 5.74) is 8.15. The van der Waals surface area contributed by atoms with Crippen molar-refractivity contribution in [2.75, 3.05) is 19.5 Å². The first-order chi connectivity index (χ1) is 11.2. The Morgan fingerprint density at radius 3 is 2.74 bits per heavy atom. The molecular weight excluding hydrogens is 312 g/mol. The van der Waals surface area contributed by atoms with Crippen molar-refractivity contribution in [1.29, 1.82) is 0 Å². The third-order valence-corrected chi connectivity index (χ3v) is 4.20. The minimum Gasteiger partial charge on any atom is -0.383 e. The fourth-order valence-electron chi connectivity index (χ4n) is 2.21. The fourth-order valence-corrected chi connectivity index (χ4v) is 3.03. The molecule has 3 aromatic rings. The summed E-state index contributed by atoms with van der Waals surface area (Å²) < 4.78 is 6.41. The molecule has 3 rings (SSSR count). The van der Waals surface area contributed by atoms with Crippen LogP contribution in [0.5, 0.6) is 0 Å². The molecule has 2 N–H and O–H groups in total. The molecule has 118 valence electrons. The Bertz CT molecular complexity index is 858. The van der Waals surface area contributed by atoms with E-state index in [4.69, 9.17) is 10.5 Å². The van der Waals surface area contributed by atoms with Crippen LogP contribution in [0.1, 0.15) is 0 Å². The van der Waals surface area contributed by atoms with Crippen molar-refractivity contribution in [3.8, 4) is 21.8 Å². The van der Waals surface area contributed by atoms with Gasteiger partial charge in [-0.15, -0.1) is 0 Å². The molecule has 0 aliphatic heterocycles. The van der Waals surface area contributed by atoms with Crippen LogP contribution >= 0.6 is 11.3 Å². The Labute approximate surface area is 137 Å². The van der Waals surface area contributed by atoms with E-state index < -0.39 is 0 Å². The molecule has 7 heteroatoms. The third kappa shape index (κ3) is 3.30. The summed E-state index contributed by atoms with van der Waals surface area (Å²) in [5, 5.41) is 4.89. The molecule has 6 nitrogen and oxygen atoms in total. The lowest BCUT2D eigenvalue weighted by Gasteiger charge is -2.06. The number of ether oxygens (including phenoxy) is 1. The molecule has 2 aromatic heterocycles. The molecule has 2 heterocycles. The summed E-state index contributed by atoms with van der Waals surface area (Å²) in [5.74, 6) is 0. The van der Waals surface area contributed by atoms with E-state index in [9.17, 15) is 4.79 Å². The van der Waals surface area contributed by atoms with Crippen molar-refractivity contribution < 1.29 is 4.74 Å². The van der Waals surface area contributed by atoms with Crippen LogP contribution in [0.2, 0.25) is 0 Å². The van der Waals surface area contributed by atoms with Gasteiger partial charge in [-0.25, -0.2) is 9.67 Å². The highest BCUT2D eigenvalue weighted by atomic mass is 32.1. The van der Waals surface area contributed by atoms with Gasteiger partial charge in [0.15, 0.2) is 5.13 Å². The number of hydrogen-bond donors (Lipinski definition) is 1. The fraction of sp³-hybridized carbons (Fsp3) is 0.188. The van der Waals surface area contributed by atoms with Gasteiger partial charge in [0, 0.05) is 18.7 Å². The Morgan fingerprint density at radius 2 is 2.00 bits per heavy atom. The topological polar surface area (TPSA) is 83.0 Å². The second kappa shape index (κ2) is 6.72. The Morgan fingerprint density at radius 1 is 1.22 bits per heavy atom. The van der Waals surface area contributed by atoms with E-state index in [-0.39, 0.29) is 5.56 Å². The van der Waals surface area contributed by atoms with Gasteiger partial charge in [0.25, 0.3) is 5.56 Å². The number of rotatable bonds is 5. The first-order valence-electron chi connectivity index (χ1n) is 7.08. The zero-order valence-electron chi connectivity index (χ0n) is 12.6. The van der Waals surface area contributed by atoms with Gasteiger partial charge in [0.1, 0.15) is 5.69 Å². The number of methoxy groups -OCH3 is 1. The molecule has 0 fully saturated rings. The van der Waals surface area contributed by atoms with E-state index in [1.54, 1.807) is 13.2 Å². The molecule has 0 aliphatic rings.